The SMILES string of the molecule is OCC1CCCN1c1ccc2nnc(C(F)(F)F)n2n1. The summed E-state index contributed by atoms with van der Waals surface area (Å²) in [7, 11) is 0. The molecule has 1 atom stereocenters. The van der Waals surface area contributed by atoms with E-state index in [1.165, 1.54) is 6.07 Å². The van der Waals surface area contributed by atoms with Gasteiger partial charge >= 0.3 is 6.18 Å². The summed E-state index contributed by atoms with van der Waals surface area (Å²) in [6, 6.07) is 2.93. The Hall–Kier alpha value is -1.90. The zero-order valence-electron chi connectivity index (χ0n) is 10.4. The van der Waals surface area contributed by atoms with Gasteiger partial charge in [-0.05, 0) is 25.0 Å². The molecule has 2 aromatic rings. The maximum absolute atomic E-state index is 12.8. The van der Waals surface area contributed by atoms with Crippen molar-refractivity contribution in [3.05, 3.63) is 18.0 Å². The highest BCUT2D eigenvalue weighted by Crippen LogP contribution is 2.29. The third-order valence-corrected chi connectivity index (χ3v) is 3.38. The van der Waals surface area contributed by atoms with E-state index in [-0.39, 0.29) is 18.3 Å². The van der Waals surface area contributed by atoms with Crippen LogP contribution in [0.25, 0.3) is 5.65 Å². The fraction of sp³-hybridized carbons (Fsp3) is 0.545. The molecule has 0 bridgehead atoms. The molecule has 0 amide bonds. The fourth-order valence-corrected chi connectivity index (χ4v) is 2.44. The molecule has 0 radical (unpaired) electrons. The van der Waals surface area contributed by atoms with Gasteiger partial charge < -0.3 is 10.0 Å². The van der Waals surface area contributed by atoms with Crippen molar-refractivity contribution in [2.24, 2.45) is 0 Å². The Labute approximate surface area is 111 Å². The normalized spacial score (nSPS) is 20.0. The second-order valence-corrected chi connectivity index (χ2v) is 4.65. The molecule has 0 saturated carbocycles. The maximum Gasteiger partial charge on any atom is 0.453 e. The lowest BCUT2D eigenvalue weighted by atomic mass is 10.2. The van der Waals surface area contributed by atoms with Crippen LogP contribution in [0.4, 0.5) is 19.0 Å². The molecule has 1 fully saturated rings. The smallest absolute Gasteiger partial charge is 0.394 e. The van der Waals surface area contributed by atoms with Crippen molar-refractivity contribution in [1.82, 2.24) is 19.8 Å². The van der Waals surface area contributed by atoms with E-state index in [9.17, 15) is 18.3 Å². The number of halogens is 3. The molecule has 0 aliphatic carbocycles. The second-order valence-electron chi connectivity index (χ2n) is 4.65. The molecular weight excluding hydrogens is 275 g/mol. The van der Waals surface area contributed by atoms with Crippen molar-refractivity contribution >= 4 is 11.5 Å². The second kappa shape index (κ2) is 4.58. The lowest BCUT2D eigenvalue weighted by molar-refractivity contribution is -0.146. The first-order chi connectivity index (χ1) is 9.50. The van der Waals surface area contributed by atoms with Crippen molar-refractivity contribution in [2.75, 3.05) is 18.1 Å². The van der Waals surface area contributed by atoms with Crippen molar-refractivity contribution in [2.45, 2.75) is 25.1 Å². The van der Waals surface area contributed by atoms with Crippen LogP contribution in [-0.2, 0) is 6.18 Å². The number of fused-ring (bicyclic) bond motifs is 1. The van der Waals surface area contributed by atoms with Gasteiger partial charge in [0.25, 0.3) is 5.82 Å². The molecule has 1 unspecified atom stereocenters. The Morgan fingerprint density at radius 2 is 2.10 bits per heavy atom. The molecule has 2 aromatic heterocycles. The summed E-state index contributed by atoms with van der Waals surface area (Å²) < 4.78 is 39.1. The first kappa shape index (κ1) is 13.1. The van der Waals surface area contributed by atoms with Gasteiger partial charge in [-0.3, -0.25) is 0 Å². The van der Waals surface area contributed by atoms with Crippen molar-refractivity contribution in [3.8, 4) is 0 Å². The number of hydrogen-bond acceptors (Lipinski definition) is 5. The van der Waals surface area contributed by atoms with Gasteiger partial charge in [0.05, 0.1) is 12.6 Å². The Balaban J connectivity index is 2.05. The van der Waals surface area contributed by atoms with Crippen molar-refractivity contribution in [1.29, 1.82) is 0 Å². The molecule has 1 N–H and O–H groups in total. The highest BCUT2D eigenvalue weighted by Gasteiger charge is 2.38. The minimum absolute atomic E-state index is 0.0424. The van der Waals surface area contributed by atoms with Crippen LogP contribution in [0.2, 0.25) is 0 Å². The van der Waals surface area contributed by atoms with Gasteiger partial charge in [0.15, 0.2) is 5.65 Å². The molecule has 1 aliphatic heterocycles. The Kier molecular flexibility index (Phi) is 3.00. The van der Waals surface area contributed by atoms with Gasteiger partial charge in [0, 0.05) is 6.54 Å². The quantitative estimate of drug-likeness (QED) is 0.896. The van der Waals surface area contributed by atoms with E-state index >= 15 is 0 Å². The van der Waals surface area contributed by atoms with E-state index in [2.05, 4.69) is 15.3 Å². The van der Waals surface area contributed by atoms with Crippen LogP contribution >= 0.6 is 0 Å². The van der Waals surface area contributed by atoms with Gasteiger partial charge in [0.2, 0.25) is 0 Å². The topological polar surface area (TPSA) is 66.5 Å². The predicted molar refractivity (Wildman–Crippen MR) is 63.2 cm³/mol. The summed E-state index contributed by atoms with van der Waals surface area (Å²) in [4.78, 5) is 1.81. The van der Waals surface area contributed by atoms with Gasteiger partial charge in [-0.15, -0.1) is 15.3 Å². The highest BCUT2D eigenvalue weighted by molar-refractivity contribution is 5.47. The molecule has 20 heavy (non-hydrogen) atoms. The number of rotatable bonds is 2. The summed E-state index contributed by atoms with van der Waals surface area (Å²) in [6.45, 7) is 0.612. The van der Waals surface area contributed by atoms with Gasteiger partial charge in [-0.1, -0.05) is 0 Å². The third-order valence-electron chi connectivity index (χ3n) is 3.38. The average molecular weight is 287 g/mol. The summed E-state index contributed by atoms with van der Waals surface area (Å²) in [6.07, 6.45) is -2.93. The van der Waals surface area contributed by atoms with Gasteiger partial charge in [0.1, 0.15) is 5.82 Å². The number of hydrogen-bond donors (Lipinski definition) is 1. The molecule has 0 spiro atoms. The maximum atomic E-state index is 12.8. The lowest BCUT2D eigenvalue weighted by Gasteiger charge is -2.23. The Morgan fingerprint density at radius 1 is 1.30 bits per heavy atom. The van der Waals surface area contributed by atoms with E-state index in [4.69, 9.17) is 0 Å². The van der Waals surface area contributed by atoms with E-state index in [0.717, 1.165) is 12.8 Å². The first-order valence-electron chi connectivity index (χ1n) is 6.18. The predicted octanol–water partition coefficient (Wildman–Crippen LogP) is 1.10. The minimum Gasteiger partial charge on any atom is -0.394 e. The van der Waals surface area contributed by atoms with E-state index in [0.29, 0.717) is 16.9 Å². The summed E-state index contributed by atoms with van der Waals surface area (Å²) >= 11 is 0. The van der Waals surface area contributed by atoms with Gasteiger partial charge in [-0.2, -0.15) is 17.7 Å². The lowest BCUT2D eigenvalue weighted by Crippen LogP contribution is -2.33. The molecule has 1 aliphatic rings. The zero-order valence-corrected chi connectivity index (χ0v) is 10.4. The van der Waals surface area contributed by atoms with Crippen LogP contribution < -0.4 is 4.90 Å². The summed E-state index contributed by atoms with van der Waals surface area (Å²) in [5, 5.41) is 19.8. The molecule has 9 heteroatoms. The fourth-order valence-electron chi connectivity index (χ4n) is 2.44. The number of aromatic nitrogens is 4. The highest BCUT2D eigenvalue weighted by atomic mass is 19.4. The number of alkyl halides is 3. The average Bonchev–Trinajstić information content (AvgIpc) is 3.03. The largest absolute Gasteiger partial charge is 0.453 e. The van der Waals surface area contributed by atoms with Gasteiger partial charge in [-0.25, -0.2) is 0 Å². The third kappa shape index (κ3) is 2.07. The molecule has 1 saturated heterocycles. The minimum atomic E-state index is -4.60. The van der Waals surface area contributed by atoms with Crippen molar-refractivity contribution < 1.29 is 18.3 Å². The number of aliphatic hydroxyl groups is 1. The summed E-state index contributed by atoms with van der Waals surface area (Å²) in [5.41, 5.74) is 0.0424. The van der Waals surface area contributed by atoms with Crippen LogP contribution in [0.3, 0.4) is 0 Å². The Bertz CT molecular complexity index is 626. The van der Waals surface area contributed by atoms with Crippen LogP contribution in [0.1, 0.15) is 18.7 Å². The van der Waals surface area contributed by atoms with Crippen molar-refractivity contribution in [3.63, 3.8) is 0 Å². The molecule has 3 rings (SSSR count). The number of nitrogens with zero attached hydrogens (tertiary/aromatic N) is 5. The molecule has 0 aromatic carbocycles. The van der Waals surface area contributed by atoms with E-state index < -0.39 is 12.0 Å². The summed E-state index contributed by atoms with van der Waals surface area (Å²) in [5.74, 6) is -0.756. The van der Waals surface area contributed by atoms with Crippen LogP contribution in [-0.4, -0.2) is 44.1 Å². The first-order valence-corrected chi connectivity index (χ1v) is 6.18. The van der Waals surface area contributed by atoms with Crippen LogP contribution in [0, 0.1) is 0 Å². The molecule has 108 valence electrons. The number of anilines is 1. The Morgan fingerprint density at radius 3 is 2.80 bits per heavy atom. The standard InChI is InChI=1S/C11H12F3N5O/c12-11(13,14)10-16-15-8-3-4-9(17-19(8)10)18-5-1-2-7(18)6-20/h3-4,7,20H,1-2,5-6H2. The van der Waals surface area contributed by atoms with E-state index in [1.807, 2.05) is 0 Å². The van der Waals surface area contributed by atoms with Crippen LogP contribution in [0.5, 0.6) is 0 Å². The monoisotopic (exact) mass is 287 g/mol. The molecule has 3 heterocycles. The van der Waals surface area contributed by atoms with Crippen LogP contribution in [0.15, 0.2) is 12.1 Å². The number of aliphatic hydroxyl groups excluding tert-OH is 1. The molecule has 6 nitrogen and oxygen atoms in total. The molecular formula is C11H12F3N5O. The zero-order chi connectivity index (χ0) is 14.3. The van der Waals surface area contributed by atoms with E-state index in [1.54, 1.807) is 11.0 Å².